The molecular weight excluding hydrogens is 448 g/mol. The third kappa shape index (κ3) is 4.00. The van der Waals surface area contributed by atoms with Crippen molar-refractivity contribution >= 4 is 11.0 Å². The summed E-state index contributed by atoms with van der Waals surface area (Å²) in [6, 6.07) is 12.7. The highest BCUT2D eigenvalue weighted by Gasteiger charge is 2.49. The quantitative estimate of drug-likeness (QED) is 0.228. The van der Waals surface area contributed by atoms with E-state index in [0.29, 0.717) is 16.2 Å². The average molecular weight is 498 g/mol. The maximum absolute atomic E-state index is 2.59. The molecule has 2 nitrogen and oxygen atoms in total. The lowest BCUT2D eigenvalue weighted by molar-refractivity contribution is -0.645. The first-order valence-corrected chi connectivity index (χ1v) is 15.5. The Hall–Kier alpha value is -2.09. The van der Waals surface area contributed by atoms with E-state index >= 15 is 0 Å². The molecule has 0 saturated heterocycles. The maximum atomic E-state index is 2.59. The fraction of sp³-hybridized carbons (Fsp3) is 0.629. The van der Waals surface area contributed by atoms with E-state index in [9.17, 15) is 0 Å². The first-order valence-electron chi connectivity index (χ1n) is 15.5. The highest BCUT2D eigenvalue weighted by molar-refractivity contribution is 5.77. The van der Waals surface area contributed by atoms with Crippen molar-refractivity contribution in [2.24, 2.45) is 7.05 Å². The standard InChI is InChI=1S/C35H49N2/c1-6-8-10-17-35-20-18-34(4,19-21-35)30-23-27(13-14-28(30)35)37-25-36(5)31-22-26(7-2)29(24-32(31)37)33(3)15-11-9-12-16-33/h13-14,22-25H,6-12,15-21H2,1-5H3/q+1. The Morgan fingerprint density at radius 1 is 0.784 bits per heavy atom. The zero-order valence-corrected chi connectivity index (χ0v) is 24.3. The van der Waals surface area contributed by atoms with Crippen LogP contribution in [0.25, 0.3) is 16.7 Å². The van der Waals surface area contributed by atoms with E-state index in [1.165, 1.54) is 100 Å². The molecule has 37 heavy (non-hydrogen) atoms. The van der Waals surface area contributed by atoms with Crippen LogP contribution in [0.4, 0.5) is 0 Å². The van der Waals surface area contributed by atoms with Crippen molar-refractivity contribution in [1.82, 2.24) is 4.57 Å². The molecule has 0 spiro atoms. The molecule has 1 heterocycles. The molecule has 0 aliphatic heterocycles. The topological polar surface area (TPSA) is 8.81 Å². The van der Waals surface area contributed by atoms with Crippen LogP contribution < -0.4 is 4.57 Å². The summed E-state index contributed by atoms with van der Waals surface area (Å²) in [6.07, 6.45) is 21.2. The minimum atomic E-state index is 0.318. The van der Waals surface area contributed by atoms with Gasteiger partial charge in [0.05, 0.1) is 7.05 Å². The molecule has 1 aromatic heterocycles. The van der Waals surface area contributed by atoms with Gasteiger partial charge in [0.2, 0.25) is 6.33 Å². The minimum absolute atomic E-state index is 0.318. The van der Waals surface area contributed by atoms with Gasteiger partial charge in [-0.15, -0.1) is 0 Å². The van der Waals surface area contributed by atoms with Crippen molar-refractivity contribution in [2.75, 3.05) is 0 Å². The van der Waals surface area contributed by atoms with Gasteiger partial charge in [-0.3, -0.25) is 0 Å². The Kier molecular flexibility index (Phi) is 6.32. The molecule has 0 N–H and O–H groups in total. The van der Waals surface area contributed by atoms with Gasteiger partial charge in [0.1, 0.15) is 5.69 Å². The third-order valence-electron chi connectivity index (χ3n) is 11.2. The Morgan fingerprint density at radius 2 is 1.51 bits per heavy atom. The second kappa shape index (κ2) is 9.28. The normalized spacial score (nSPS) is 26.5. The van der Waals surface area contributed by atoms with Crippen molar-refractivity contribution < 1.29 is 4.57 Å². The number of hydrogen-bond donors (Lipinski definition) is 0. The summed E-state index contributed by atoms with van der Waals surface area (Å²) < 4.78 is 4.85. The molecule has 2 aromatic carbocycles. The number of nitrogens with zero attached hydrogens (tertiary/aromatic N) is 2. The van der Waals surface area contributed by atoms with E-state index < -0.39 is 0 Å². The molecule has 2 heteroatoms. The second-order valence-corrected chi connectivity index (χ2v) is 13.6. The zero-order chi connectivity index (χ0) is 25.8. The molecule has 0 amide bonds. The lowest BCUT2D eigenvalue weighted by Gasteiger charge is -2.53. The van der Waals surface area contributed by atoms with E-state index in [1.807, 2.05) is 0 Å². The molecule has 2 saturated carbocycles. The number of unbranched alkanes of at least 4 members (excludes halogenated alkanes) is 2. The van der Waals surface area contributed by atoms with Crippen LogP contribution >= 0.6 is 0 Å². The number of imidazole rings is 1. The predicted molar refractivity (Wildman–Crippen MR) is 156 cm³/mol. The van der Waals surface area contributed by atoms with Gasteiger partial charge in [0.15, 0.2) is 11.0 Å². The monoisotopic (exact) mass is 497 g/mol. The van der Waals surface area contributed by atoms with Crippen LogP contribution in [0.5, 0.6) is 0 Å². The van der Waals surface area contributed by atoms with Gasteiger partial charge in [-0.2, -0.15) is 4.57 Å². The summed E-state index contributed by atoms with van der Waals surface area (Å²) >= 11 is 0. The molecule has 7 rings (SSSR count). The van der Waals surface area contributed by atoms with E-state index in [0.717, 1.165) is 6.42 Å². The van der Waals surface area contributed by atoms with E-state index in [4.69, 9.17) is 0 Å². The zero-order valence-electron chi connectivity index (χ0n) is 24.3. The third-order valence-corrected chi connectivity index (χ3v) is 11.2. The summed E-state index contributed by atoms with van der Waals surface area (Å²) in [5.74, 6) is 0. The summed E-state index contributed by atoms with van der Waals surface area (Å²) in [6.45, 7) is 9.76. The average Bonchev–Trinajstić information content (AvgIpc) is 3.25. The van der Waals surface area contributed by atoms with E-state index in [-0.39, 0.29) is 0 Å². The van der Waals surface area contributed by atoms with Crippen LogP contribution in [-0.4, -0.2) is 4.57 Å². The van der Waals surface area contributed by atoms with Crippen LogP contribution in [0, 0.1) is 0 Å². The fourth-order valence-electron chi connectivity index (χ4n) is 8.62. The Morgan fingerprint density at radius 3 is 2.22 bits per heavy atom. The molecule has 2 bridgehead atoms. The Labute approximate surface area is 225 Å². The number of benzene rings is 2. The van der Waals surface area contributed by atoms with Gasteiger partial charge in [-0.05, 0) is 114 Å². The summed E-state index contributed by atoms with van der Waals surface area (Å²) in [5, 5.41) is 0. The predicted octanol–water partition coefficient (Wildman–Crippen LogP) is 8.90. The van der Waals surface area contributed by atoms with Crippen LogP contribution in [0.15, 0.2) is 36.7 Å². The van der Waals surface area contributed by atoms with Crippen LogP contribution in [0.3, 0.4) is 0 Å². The van der Waals surface area contributed by atoms with E-state index in [2.05, 4.69) is 80.5 Å². The molecule has 198 valence electrons. The highest BCUT2D eigenvalue weighted by Crippen LogP contribution is 2.58. The SMILES string of the molecule is CCCCCC12CCC(C)(CC1)c1cc(-n3c[n+](C)c4cc(CC)c(C5(C)CCCCC5)cc43)ccc12. The Balaban J connectivity index is 1.47. The van der Waals surface area contributed by atoms with Gasteiger partial charge in [0, 0.05) is 0 Å². The van der Waals surface area contributed by atoms with Gasteiger partial charge < -0.3 is 0 Å². The first-order chi connectivity index (χ1) is 17.8. The van der Waals surface area contributed by atoms with Crippen molar-refractivity contribution in [3.05, 3.63) is 58.9 Å². The van der Waals surface area contributed by atoms with Crippen LogP contribution in [0.2, 0.25) is 0 Å². The molecule has 0 atom stereocenters. The summed E-state index contributed by atoms with van der Waals surface area (Å²) in [7, 11) is 2.23. The summed E-state index contributed by atoms with van der Waals surface area (Å²) in [5.41, 5.74) is 11.7. The number of hydrogen-bond acceptors (Lipinski definition) is 0. The van der Waals surface area contributed by atoms with Crippen molar-refractivity contribution in [2.45, 2.75) is 134 Å². The van der Waals surface area contributed by atoms with Gasteiger partial charge in [-0.1, -0.05) is 72.3 Å². The largest absolute Gasteiger partial charge is 0.249 e. The number of fused-ring (bicyclic) bond motifs is 3. The van der Waals surface area contributed by atoms with Gasteiger partial charge in [0.25, 0.3) is 0 Å². The van der Waals surface area contributed by atoms with Crippen LogP contribution in [0.1, 0.15) is 133 Å². The molecule has 3 aromatic rings. The van der Waals surface area contributed by atoms with Crippen molar-refractivity contribution in [3.8, 4) is 5.69 Å². The van der Waals surface area contributed by atoms with Crippen molar-refractivity contribution in [3.63, 3.8) is 0 Å². The molecule has 0 unspecified atom stereocenters. The smallest absolute Gasteiger partial charge is 0.232 e. The number of rotatable bonds is 7. The molecule has 0 radical (unpaired) electrons. The first kappa shape index (κ1) is 25.2. The van der Waals surface area contributed by atoms with Gasteiger partial charge in [-0.25, -0.2) is 4.57 Å². The molecule has 4 aliphatic carbocycles. The molecule has 2 fully saturated rings. The number of aryl methyl sites for hydroxylation is 2. The molecular formula is C35H49N2+. The second-order valence-electron chi connectivity index (χ2n) is 13.6. The van der Waals surface area contributed by atoms with E-state index in [1.54, 1.807) is 22.3 Å². The summed E-state index contributed by atoms with van der Waals surface area (Å²) in [4.78, 5) is 0. The maximum Gasteiger partial charge on any atom is 0.249 e. The lowest BCUT2D eigenvalue weighted by atomic mass is 9.51. The Bertz CT molecular complexity index is 1290. The highest BCUT2D eigenvalue weighted by atomic mass is 15.1. The minimum Gasteiger partial charge on any atom is -0.232 e. The van der Waals surface area contributed by atoms with Gasteiger partial charge >= 0.3 is 0 Å². The molecule has 4 aliphatic rings. The van der Waals surface area contributed by atoms with Crippen LogP contribution in [-0.2, 0) is 29.7 Å². The lowest BCUT2D eigenvalue weighted by Crippen LogP contribution is -2.45. The van der Waals surface area contributed by atoms with Crippen molar-refractivity contribution in [1.29, 1.82) is 0 Å². The fourth-order valence-corrected chi connectivity index (χ4v) is 8.62. The number of aromatic nitrogens is 2.